The topological polar surface area (TPSA) is 94.1 Å². The quantitative estimate of drug-likeness (QED) is 0.779. The lowest BCUT2D eigenvalue weighted by Crippen LogP contribution is -2.44. The van der Waals surface area contributed by atoms with Gasteiger partial charge in [0.05, 0.1) is 18.8 Å². The number of amides is 1. The number of carbonyl (C=O) groups excluding carboxylic acids is 2. The van der Waals surface area contributed by atoms with Gasteiger partial charge in [-0.2, -0.15) is 0 Å². The average molecular weight is 365 g/mol. The second kappa shape index (κ2) is 8.40. The van der Waals surface area contributed by atoms with E-state index < -0.39 is 29.8 Å². The number of aryl methyl sites for hydroxylation is 1. The molecule has 0 aliphatic heterocycles. The Morgan fingerprint density at radius 2 is 2.04 bits per heavy atom. The highest BCUT2D eigenvalue weighted by atomic mass is 16.6. The van der Waals surface area contributed by atoms with Crippen LogP contribution in [0.3, 0.4) is 0 Å². The summed E-state index contributed by atoms with van der Waals surface area (Å²) >= 11 is 0. The fourth-order valence-electron chi connectivity index (χ4n) is 2.81. The van der Waals surface area contributed by atoms with Gasteiger partial charge < -0.3 is 24.6 Å². The Balaban J connectivity index is 2.03. The minimum absolute atomic E-state index is 0.192. The third-order valence-corrected chi connectivity index (χ3v) is 3.91. The minimum Gasteiger partial charge on any atom is -0.482 e. The number of aliphatic hydroxyl groups excluding tert-OH is 1. The van der Waals surface area contributed by atoms with Crippen molar-refractivity contribution in [3.8, 4) is 5.75 Å². The first-order valence-corrected chi connectivity index (χ1v) is 8.78. The number of hydrogen-bond acceptors (Lipinski definition) is 6. The molecule has 0 bridgehead atoms. The number of rotatable bonds is 5. The molecule has 0 saturated heterocycles. The van der Waals surface area contributed by atoms with E-state index in [4.69, 9.17) is 14.2 Å². The van der Waals surface area contributed by atoms with E-state index in [9.17, 15) is 14.7 Å². The Morgan fingerprint density at radius 3 is 2.69 bits per heavy atom. The Labute approximate surface area is 153 Å². The number of alkyl carbamates (subject to hydrolysis) is 1. The molecule has 1 aromatic rings. The summed E-state index contributed by atoms with van der Waals surface area (Å²) in [5.74, 6) is 0.0176. The van der Waals surface area contributed by atoms with E-state index in [0.29, 0.717) is 30.8 Å². The van der Waals surface area contributed by atoms with Gasteiger partial charge in [-0.15, -0.1) is 0 Å². The Morgan fingerprint density at radius 1 is 1.31 bits per heavy atom. The van der Waals surface area contributed by atoms with Gasteiger partial charge in [-0.05, 0) is 63.8 Å². The van der Waals surface area contributed by atoms with Crippen LogP contribution in [0.1, 0.15) is 51.3 Å². The summed E-state index contributed by atoms with van der Waals surface area (Å²) in [5, 5.41) is 13.4. The number of esters is 1. The van der Waals surface area contributed by atoms with E-state index in [0.717, 1.165) is 5.56 Å². The molecule has 1 amide bonds. The van der Waals surface area contributed by atoms with Crippen molar-refractivity contribution in [3.05, 3.63) is 29.3 Å². The number of carbonyl (C=O) groups is 2. The van der Waals surface area contributed by atoms with Crippen LogP contribution in [-0.4, -0.2) is 42.0 Å². The lowest BCUT2D eigenvalue weighted by atomic mass is 9.86. The van der Waals surface area contributed by atoms with Crippen LogP contribution in [0.15, 0.2) is 18.2 Å². The minimum atomic E-state index is -0.877. The molecule has 0 saturated carbocycles. The molecule has 2 N–H and O–H groups in total. The van der Waals surface area contributed by atoms with Crippen molar-refractivity contribution in [1.82, 2.24) is 5.32 Å². The van der Waals surface area contributed by atoms with Crippen molar-refractivity contribution < 1.29 is 28.9 Å². The Hall–Kier alpha value is -2.28. The van der Waals surface area contributed by atoms with Crippen molar-refractivity contribution in [1.29, 1.82) is 0 Å². The standard InChI is InChI=1S/C19H27NO6/c1-5-24-16(21)11-25-13-8-6-12-7-9-15(17(22)14(12)10-13)20-18(23)26-19(2,3)4/h6,8,10,15,17,22H,5,7,9,11H2,1-4H3,(H,20,23)/t15-,17-/m1/s1. The van der Waals surface area contributed by atoms with Gasteiger partial charge in [-0.1, -0.05) is 6.07 Å². The lowest BCUT2D eigenvalue weighted by Gasteiger charge is -2.31. The van der Waals surface area contributed by atoms with Crippen molar-refractivity contribution in [2.75, 3.05) is 13.2 Å². The third-order valence-electron chi connectivity index (χ3n) is 3.91. The maximum atomic E-state index is 12.0. The second-order valence-corrected chi connectivity index (χ2v) is 7.19. The summed E-state index contributed by atoms with van der Waals surface area (Å²) in [6.45, 7) is 7.18. The smallest absolute Gasteiger partial charge is 0.407 e. The summed E-state index contributed by atoms with van der Waals surface area (Å²) in [6.07, 6.45) is -0.112. The maximum absolute atomic E-state index is 12.0. The van der Waals surface area contributed by atoms with E-state index >= 15 is 0 Å². The van der Waals surface area contributed by atoms with Crippen LogP contribution in [0.25, 0.3) is 0 Å². The van der Waals surface area contributed by atoms with Gasteiger partial charge in [0.15, 0.2) is 6.61 Å². The summed E-state index contributed by atoms with van der Waals surface area (Å²) < 4.78 is 15.5. The summed E-state index contributed by atoms with van der Waals surface area (Å²) in [6, 6.07) is 4.87. The predicted molar refractivity (Wildman–Crippen MR) is 95.0 cm³/mol. The lowest BCUT2D eigenvalue weighted by molar-refractivity contribution is -0.145. The molecule has 7 nitrogen and oxygen atoms in total. The van der Waals surface area contributed by atoms with E-state index in [-0.39, 0.29) is 6.61 Å². The molecule has 1 aliphatic carbocycles. The van der Waals surface area contributed by atoms with Crippen molar-refractivity contribution >= 4 is 12.1 Å². The van der Waals surface area contributed by atoms with Gasteiger partial charge in [0.1, 0.15) is 11.4 Å². The van der Waals surface area contributed by atoms with Crippen LogP contribution < -0.4 is 10.1 Å². The van der Waals surface area contributed by atoms with Crippen LogP contribution in [-0.2, 0) is 20.7 Å². The molecule has 26 heavy (non-hydrogen) atoms. The van der Waals surface area contributed by atoms with E-state index in [1.807, 2.05) is 6.07 Å². The normalized spacial score (nSPS) is 19.3. The van der Waals surface area contributed by atoms with Crippen LogP contribution in [0.4, 0.5) is 4.79 Å². The molecular formula is C19H27NO6. The van der Waals surface area contributed by atoms with Gasteiger partial charge in [0.2, 0.25) is 0 Å². The molecule has 0 radical (unpaired) electrons. The highest BCUT2D eigenvalue weighted by Gasteiger charge is 2.31. The first-order valence-electron chi connectivity index (χ1n) is 8.78. The molecule has 1 aliphatic rings. The average Bonchev–Trinajstić information content (AvgIpc) is 2.54. The molecule has 0 spiro atoms. The zero-order valence-electron chi connectivity index (χ0n) is 15.7. The fraction of sp³-hybridized carbons (Fsp3) is 0.579. The zero-order chi connectivity index (χ0) is 19.3. The first kappa shape index (κ1) is 20.0. The SMILES string of the molecule is CCOC(=O)COc1ccc2c(c1)[C@@H](O)[C@H](NC(=O)OC(C)(C)C)CC2. The number of fused-ring (bicyclic) bond motifs is 1. The first-order chi connectivity index (χ1) is 12.2. The van der Waals surface area contributed by atoms with Gasteiger partial charge in [0, 0.05) is 0 Å². The van der Waals surface area contributed by atoms with Crippen LogP contribution in [0, 0.1) is 0 Å². The summed E-state index contributed by atoms with van der Waals surface area (Å²) in [5.41, 5.74) is 1.07. The maximum Gasteiger partial charge on any atom is 0.407 e. The third kappa shape index (κ3) is 5.62. The Bertz CT molecular complexity index is 652. The van der Waals surface area contributed by atoms with Gasteiger partial charge >= 0.3 is 12.1 Å². The molecule has 0 aromatic heterocycles. The number of nitrogens with one attached hydrogen (secondary N) is 1. The number of hydrogen-bond donors (Lipinski definition) is 2. The molecule has 0 heterocycles. The summed E-state index contributed by atoms with van der Waals surface area (Å²) in [4.78, 5) is 23.4. The van der Waals surface area contributed by atoms with Gasteiger partial charge in [-0.3, -0.25) is 0 Å². The highest BCUT2D eigenvalue weighted by molar-refractivity contribution is 5.71. The molecule has 0 unspecified atom stereocenters. The number of aliphatic hydroxyl groups is 1. The monoisotopic (exact) mass is 365 g/mol. The molecule has 7 heteroatoms. The largest absolute Gasteiger partial charge is 0.482 e. The number of benzene rings is 1. The molecule has 2 atom stereocenters. The van der Waals surface area contributed by atoms with E-state index in [1.54, 1.807) is 39.8 Å². The van der Waals surface area contributed by atoms with Crippen molar-refractivity contribution in [3.63, 3.8) is 0 Å². The van der Waals surface area contributed by atoms with Crippen molar-refractivity contribution in [2.45, 2.75) is 58.3 Å². The summed E-state index contributed by atoms with van der Waals surface area (Å²) in [7, 11) is 0. The van der Waals surface area contributed by atoms with Crippen molar-refractivity contribution in [2.24, 2.45) is 0 Å². The molecular weight excluding hydrogens is 338 g/mol. The molecule has 144 valence electrons. The molecule has 0 fully saturated rings. The predicted octanol–water partition coefficient (Wildman–Crippen LogP) is 2.50. The molecule has 1 aromatic carbocycles. The van der Waals surface area contributed by atoms with Crippen LogP contribution in [0.2, 0.25) is 0 Å². The van der Waals surface area contributed by atoms with E-state index in [1.165, 1.54) is 0 Å². The van der Waals surface area contributed by atoms with Gasteiger partial charge in [0.25, 0.3) is 0 Å². The molecule has 2 rings (SSSR count). The number of ether oxygens (including phenoxy) is 3. The fourth-order valence-corrected chi connectivity index (χ4v) is 2.81. The van der Waals surface area contributed by atoms with E-state index in [2.05, 4.69) is 5.32 Å². The zero-order valence-corrected chi connectivity index (χ0v) is 15.7. The van der Waals surface area contributed by atoms with Crippen LogP contribution >= 0.6 is 0 Å². The Kier molecular flexibility index (Phi) is 6.47. The van der Waals surface area contributed by atoms with Crippen LogP contribution in [0.5, 0.6) is 5.75 Å². The van der Waals surface area contributed by atoms with Gasteiger partial charge in [-0.25, -0.2) is 9.59 Å². The second-order valence-electron chi connectivity index (χ2n) is 7.19. The highest BCUT2D eigenvalue weighted by Crippen LogP contribution is 2.33.